The lowest BCUT2D eigenvalue weighted by molar-refractivity contribution is -0.139. The average molecular weight is 605 g/mol. The Morgan fingerprint density at radius 2 is 1.82 bits per heavy atom. The molecule has 0 saturated heterocycles. The fourth-order valence-corrected chi connectivity index (χ4v) is 4.50. The van der Waals surface area contributed by atoms with Crippen LogP contribution in [0.4, 0.5) is 4.79 Å². The molecule has 0 spiro atoms. The van der Waals surface area contributed by atoms with E-state index in [1.807, 2.05) is 6.92 Å². The predicted octanol–water partition coefficient (Wildman–Crippen LogP) is 3.77. The van der Waals surface area contributed by atoms with Crippen molar-refractivity contribution in [1.29, 1.82) is 0 Å². The number of nitrogens with zero attached hydrogens (tertiary/aromatic N) is 1. The summed E-state index contributed by atoms with van der Waals surface area (Å²) in [6.07, 6.45) is 1.35. The number of hydrogen-bond donors (Lipinski definition) is 3. The summed E-state index contributed by atoms with van der Waals surface area (Å²) in [4.78, 5) is 48.9. The Labute approximate surface area is 253 Å². The SMILES string of the molecule is CCOC(=O)C1=C(C)NC(=O)N[C@H]1c1ccc(OCC(=O)N/N=C\c2ccc(-c3ccc(C(=O)OC)cc3C)o2)c(OC)c1. The number of methoxy groups -OCH3 is 2. The molecule has 13 nitrogen and oxygen atoms in total. The van der Waals surface area contributed by atoms with Crippen LogP contribution in [0.15, 0.2) is 69.3 Å². The van der Waals surface area contributed by atoms with Gasteiger partial charge in [-0.1, -0.05) is 12.1 Å². The molecular weight excluding hydrogens is 572 g/mol. The predicted molar refractivity (Wildman–Crippen MR) is 158 cm³/mol. The van der Waals surface area contributed by atoms with E-state index >= 15 is 0 Å². The molecule has 230 valence electrons. The van der Waals surface area contributed by atoms with E-state index in [-0.39, 0.29) is 30.3 Å². The van der Waals surface area contributed by atoms with E-state index in [1.165, 1.54) is 20.4 Å². The molecule has 0 radical (unpaired) electrons. The van der Waals surface area contributed by atoms with E-state index < -0.39 is 29.9 Å². The Morgan fingerprint density at radius 1 is 1.02 bits per heavy atom. The van der Waals surface area contributed by atoms with Crippen molar-refractivity contribution >= 4 is 30.1 Å². The van der Waals surface area contributed by atoms with Crippen LogP contribution in [-0.4, -0.2) is 57.5 Å². The molecule has 3 aromatic rings. The summed E-state index contributed by atoms with van der Waals surface area (Å²) in [5.74, 6) is -0.0207. The van der Waals surface area contributed by atoms with E-state index in [0.29, 0.717) is 28.3 Å². The number of esters is 2. The number of hydrogen-bond acceptors (Lipinski definition) is 10. The molecule has 0 aliphatic carbocycles. The minimum Gasteiger partial charge on any atom is -0.493 e. The standard InChI is InChI=1S/C31H32N4O9/c1-6-42-30(38)27-18(3)33-31(39)34-28(27)19-8-11-24(25(14-19)40-4)43-16-26(36)35-32-15-21-9-12-23(44-21)22-10-7-20(13-17(22)2)29(37)41-5/h7-15,28H,6,16H2,1-5H3,(H,35,36)(H2,33,34,39)/b32-15-/t28-/m0/s1. The number of aryl methyl sites for hydroxylation is 1. The number of benzene rings is 2. The number of amides is 3. The molecule has 0 unspecified atom stereocenters. The number of hydrazone groups is 1. The molecule has 44 heavy (non-hydrogen) atoms. The van der Waals surface area contributed by atoms with Gasteiger partial charge in [0.15, 0.2) is 18.1 Å². The lowest BCUT2D eigenvalue weighted by Crippen LogP contribution is -2.45. The lowest BCUT2D eigenvalue weighted by atomic mass is 9.95. The van der Waals surface area contributed by atoms with Gasteiger partial charge in [-0.2, -0.15) is 5.10 Å². The fourth-order valence-electron chi connectivity index (χ4n) is 4.50. The van der Waals surface area contributed by atoms with E-state index in [1.54, 1.807) is 62.4 Å². The maximum Gasteiger partial charge on any atom is 0.338 e. The molecule has 0 bridgehead atoms. The van der Waals surface area contributed by atoms with Crippen LogP contribution in [0, 0.1) is 6.92 Å². The number of rotatable bonds is 11. The largest absolute Gasteiger partial charge is 0.493 e. The van der Waals surface area contributed by atoms with Crippen molar-refractivity contribution in [2.24, 2.45) is 5.10 Å². The first kappa shape index (κ1) is 31.3. The summed E-state index contributed by atoms with van der Waals surface area (Å²) in [5, 5.41) is 9.22. The zero-order valence-corrected chi connectivity index (χ0v) is 24.8. The highest BCUT2D eigenvalue weighted by atomic mass is 16.5. The van der Waals surface area contributed by atoms with Crippen LogP contribution in [0.3, 0.4) is 0 Å². The molecule has 4 rings (SSSR count). The van der Waals surface area contributed by atoms with Crippen LogP contribution in [-0.2, 0) is 19.1 Å². The van der Waals surface area contributed by atoms with Gasteiger partial charge in [0.2, 0.25) is 0 Å². The highest BCUT2D eigenvalue weighted by Crippen LogP contribution is 2.34. The number of carbonyl (C=O) groups excluding carboxylic acids is 4. The summed E-state index contributed by atoms with van der Waals surface area (Å²) in [6, 6.07) is 12.1. The molecule has 3 amide bonds. The average Bonchev–Trinajstić information content (AvgIpc) is 3.47. The van der Waals surface area contributed by atoms with Gasteiger partial charge in [0.25, 0.3) is 5.91 Å². The van der Waals surface area contributed by atoms with Gasteiger partial charge >= 0.3 is 18.0 Å². The lowest BCUT2D eigenvalue weighted by Gasteiger charge is -2.28. The van der Waals surface area contributed by atoms with E-state index in [2.05, 4.69) is 21.2 Å². The van der Waals surface area contributed by atoms with Gasteiger partial charge in [-0.15, -0.1) is 0 Å². The van der Waals surface area contributed by atoms with Gasteiger partial charge in [-0.25, -0.2) is 19.8 Å². The highest BCUT2D eigenvalue weighted by molar-refractivity contribution is 5.95. The number of nitrogens with one attached hydrogen (secondary N) is 3. The number of urea groups is 1. The monoisotopic (exact) mass is 604 g/mol. The van der Waals surface area contributed by atoms with Gasteiger partial charge in [0.05, 0.1) is 44.2 Å². The molecule has 1 atom stereocenters. The third-order valence-electron chi connectivity index (χ3n) is 6.57. The minimum atomic E-state index is -0.784. The summed E-state index contributed by atoms with van der Waals surface area (Å²) >= 11 is 0. The van der Waals surface area contributed by atoms with Gasteiger partial charge in [0, 0.05) is 11.3 Å². The van der Waals surface area contributed by atoms with Crippen molar-refractivity contribution in [3.8, 4) is 22.8 Å². The quantitative estimate of drug-likeness (QED) is 0.168. The highest BCUT2D eigenvalue weighted by Gasteiger charge is 2.32. The van der Waals surface area contributed by atoms with Crippen LogP contribution in [0.2, 0.25) is 0 Å². The summed E-state index contributed by atoms with van der Waals surface area (Å²) in [7, 11) is 2.75. The molecule has 3 N–H and O–H groups in total. The first-order valence-corrected chi connectivity index (χ1v) is 13.5. The van der Waals surface area contributed by atoms with Crippen molar-refractivity contribution in [2.45, 2.75) is 26.8 Å². The van der Waals surface area contributed by atoms with Crippen LogP contribution in [0.1, 0.15) is 47.1 Å². The molecule has 2 aromatic carbocycles. The molecule has 0 saturated carbocycles. The van der Waals surface area contributed by atoms with Crippen molar-refractivity contribution in [2.75, 3.05) is 27.4 Å². The van der Waals surface area contributed by atoms with Crippen molar-refractivity contribution in [1.82, 2.24) is 16.1 Å². The second-order valence-corrected chi connectivity index (χ2v) is 9.51. The summed E-state index contributed by atoms with van der Waals surface area (Å²) < 4.78 is 26.8. The normalized spacial score (nSPS) is 14.5. The summed E-state index contributed by atoms with van der Waals surface area (Å²) in [6.45, 7) is 4.96. The first-order valence-electron chi connectivity index (χ1n) is 13.5. The topological polar surface area (TPSA) is 167 Å². The van der Waals surface area contributed by atoms with Crippen molar-refractivity contribution in [3.05, 3.63) is 82.3 Å². The second-order valence-electron chi connectivity index (χ2n) is 9.51. The van der Waals surface area contributed by atoms with Crippen molar-refractivity contribution < 1.29 is 42.5 Å². The van der Waals surface area contributed by atoms with E-state index in [4.69, 9.17) is 23.4 Å². The van der Waals surface area contributed by atoms with Gasteiger partial charge in [0.1, 0.15) is 11.5 Å². The Hall–Kier alpha value is -5.59. The smallest absolute Gasteiger partial charge is 0.338 e. The second kappa shape index (κ2) is 14.1. The Bertz CT molecular complexity index is 1640. The Balaban J connectivity index is 1.37. The van der Waals surface area contributed by atoms with Gasteiger partial charge in [-0.05, 0) is 68.3 Å². The number of ether oxygens (including phenoxy) is 4. The van der Waals surface area contributed by atoms with E-state index in [9.17, 15) is 19.2 Å². The zero-order chi connectivity index (χ0) is 31.8. The van der Waals surface area contributed by atoms with Crippen LogP contribution in [0.25, 0.3) is 11.3 Å². The third-order valence-corrected chi connectivity index (χ3v) is 6.57. The Morgan fingerprint density at radius 3 is 2.52 bits per heavy atom. The Kier molecular flexibility index (Phi) is 10.0. The van der Waals surface area contributed by atoms with Gasteiger partial charge < -0.3 is 34.0 Å². The van der Waals surface area contributed by atoms with Crippen LogP contribution < -0.4 is 25.5 Å². The zero-order valence-electron chi connectivity index (χ0n) is 24.8. The maximum absolute atomic E-state index is 12.6. The van der Waals surface area contributed by atoms with Crippen LogP contribution >= 0.6 is 0 Å². The molecule has 1 aliphatic rings. The third kappa shape index (κ3) is 7.24. The molecule has 13 heteroatoms. The molecule has 2 heterocycles. The molecule has 1 aromatic heterocycles. The van der Waals surface area contributed by atoms with Gasteiger partial charge in [-0.3, -0.25) is 4.79 Å². The number of allylic oxidation sites excluding steroid dienone is 1. The van der Waals surface area contributed by atoms with E-state index in [0.717, 1.165) is 11.1 Å². The minimum absolute atomic E-state index is 0.175. The first-order chi connectivity index (χ1) is 21.1. The number of carbonyl (C=O) groups is 4. The molecular formula is C31H32N4O9. The van der Waals surface area contributed by atoms with Crippen LogP contribution in [0.5, 0.6) is 11.5 Å². The number of furan rings is 1. The van der Waals surface area contributed by atoms with Crippen molar-refractivity contribution in [3.63, 3.8) is 0 Å². The summed E-state index contributed by atoms with van der Waals surface area (Å²) in [5.41, 5.74) is 5.61. The maximum atomic E-state index is 12.6. The molecule has 0 fully saturated rings. The molecule has 1 aliphatic heterocycles. The fraction of sp³-hybridized carbons (Fsp3) is 0.258.